The van der Waals surface area contributed by atoms with Gasteiger partial charge in [-0.05, 0) is 31.0 Å². The van der Waals surface area contributed by atoms with Crippen LogP contribution < -0.4 is 5.32 Å². The second-order valence-electron chi connectivity index (χ2n) is 4.00. The van der Waals surface area contributed by atoms with Crippen molar-refractivity contribution in [2.75, 3.05) is 6.54 Å². The molecule has 2 rings (SSSR count). The zero-order valence-corrected chi connectivity index (χ0v) is 10.0. The Morgan fingerprint density at radius 2 is 2.11 bits per heavy atom. The second-order valence-corrected chi connectivity index (χ2v) is 4.00. The molecule has 0 aliphatic rings. The van der Waals surface area contributed by atoms with E-state index in [1.807, 2.05) is 12.1 Å². The summed E-state index contributed by atoms with van der Waals surface area (Å²) in [5.41, 5.74) is 1.72. The van der Waals surface area contributed by atoms with E-state index in [2.05, 4.69) is 10.5 Å². The van der Waals surface area contributed by atoms with E-state index in [4.69, 9.17) is 9.63 Å². The molecule has 0 saturated carbocycles. The number of carbonyl (C=O) groups excluding carboxylic acids is 1. The number of aromatic nitrogens is 1. The third-order valence-corrected chi connectivity index (χ3v) is 2.49. The molecule has 5 heteroatoms. The fraction of sp³-hybridized carbons (Fsp3) is 0.231. The molecule has 1 amide bonds. The van der Waals surface area contributed by atoms with Crippen molar-refractivity contribution in [1.82, 2.24) is 10.5 Å². The average Bonchev–Trinajstić information content (AvgIpc) is 2.78. The van der Waals surface area contributed by atoms with Crippen LogP contribution in [0.4, 0.5) is 0 Å². The van der Waals surface area contributed by atoms with Crippen molar-refractivity contribution in [2.45, 2.75) is 13.3 Å². The van der Waals surface area contributed by atoms with Crippen molar-refractivity contribution < 1.29 is 14.4 Å². The molecule has 0 spiro atoms. The summed E-state index contributed by atoms with van der Waals surface area (Å²) in [6.45, 7) is 2.26. The minimum absolute atomic E-state index is 0.221. The van der Waals surface area contributed by atoms with Gasteiger partial charge in [0.2, 0.25) is 5.76 Å². The van der Waals surface area contributed by atoms with Gasteiger partial charge in [-0.15, -0.1) is 0 Å². The molecule has 0 bridgehead atoms. The monoisotopic (exact) mass is 246 g/mol. The number of amides is 1. The Labute approximate surface area is 104 Å². The van der Waals surface area contributed by atoms with Crippen molar-refractivity contribution in [3.63, 3.8) is 0 Å². The van der Waals surface area contributed by atoms with E-state index in [1.165, 1.54) is 0 Å². The van der Waals surface area contributed by atoms with Gasteiger partial charge in [0.05, 0.1) is 5.69 Å². The number of benzene rings is 1. The molecule has 1 aromatic heterocycles. The molecule has 5 nitrogen and oxygen atoms in total. The number of carbonyl (C=O) groups is 1. The molecular weight excluding hydrogens is 232 g/mol. The largest absolute Gasteiger partial charge is 0.508 e. The first-order chi connectivity index (χ1) is 8.65. The highest BCUT2D eigenvalue weighted by Gasteiger charge is 2.10. The summed E-state index contributed by atoms with van der Waals surface area (Å²) < 4.78 is 4.85. The fourth-order valence-electron chi connectivity index (χ4n) is 1.54. The summed E-state index contributed by atoms with van der Waals surface area (Å²) in [4.78, 5) is 11.6. The van der Waals surface area contributed by atoms with Crippen LogP contribution >= 0.6 is 0 Å². The maximum absolute atomic E-state index is 11.6. The minimum atomic E-state index is -0.269. The lowest BCUT2D eigenvalue weighted by Crippen LogP contribution is -2.25. The number of rotatable bonds is 4. The highest BCUT2D eigenvalue weighted by atomic mass is 16.5. The molecule has 0 aliphatic heterocycles. The summed E-state index contributed by atoms with van der Waals surface area (Å²) in [5.74, 6) is 0.188. The van der Waals surface area contributed by atoms with Crippen LogP contribution in [0.5, 0.6) is 5.75 Å². The standard InChI is InChI=1S/C13H14N2O3/c1-9-8-12(18-15-9)13(17)14-7-6-10-2-4-11(16)5-3-10/h2-5,8,16H,6-7H2,1H3,(H,14,17). The van der Waals surface area contributed by atoms with E-state index < -0.39 is 0 Å². The average molecular weight is 246 g/mol. The number of aromatic hydroxyl groups is 1. The summed E-state index contributed by atoms with van der Waals surface area (Å²) >= 11 is 0. The van der Waals surface area contributed by atoms with Gasteiger partial charge in [0.15, 0.2) is 0 Å². The van der Waals surface area contributed by atoms with E-state index in [9.17, 15) is 4.79 Å². The van der Waals surface area contributed by atoms with E-state index in [1.54, 1.807) is 25.1 Å². The van der Waals surface area contributed by atoms with Crippen molar-refractivity contribution in [3.8, 4) is 5.75 Å². The quantitative estimate of drug-likeness (QED) is 0.860. The van der Waals surface area contributed by atoms with E-state index in [0.717, 1.165) is 5.56 Å². The Morgan fingerprint density at radius 3 is 2.72 bits per heavy atom. The van der Waals surface area contributed by atoms with Crippen LogP contribution in [0.2, 0.25) is 0 Å². The smallest absolute Gasteiger partial charge is 0.289 e. The van der Waals surface area contributed by atoms with Gasteiger partial charge in [-0.25, -0.2) is 0 Å². The van der Waals surface area contributed by atoms with Crippen LogP contribution in [-0.2, 0) is 6.42 Å². The molecule has 0 fully saturated rings. The predicted molar refractivity (Wildman–Crippen MR) is 65.4 cm³/mol. The highest BCUT2D eigenvalue weighted by molar-refractivity contribution is 5.91. The Morgan fingerprint density at radius 1 is 1.39 bits per heavy atom. The first-order valence-electron chi connectivity index (χ1n) is 5.64. The topological polar surface area (TPSA) is 75.4 Å². The zero-order chi connectivity index (χ0) is 13.0. The van der Waals surface area contributed by atoms with Crippen molar-refractivity contribution in [1.29, 1.82) is 0 Å². The van der Waals surface area contributed by atoms with Gasteiger partial charge in [-0.3, -0.25) is 4.79 Å². The Kier molecular flexibility index (Phi) is 3.62. The zero-order valence-electron chi connectivity index (χ0n) is 10.0. The Balaban J connectivity index is 1.82. The van der Waals surface area contributed by atoms with Crippen molar-refractivity contribution in [2.24, 2.45) is 0 Å². The van der Waals surface area contributed by atoms with Gasteiger partial charge >= 0.3 is 0 Å². The highest BCUT2D eigenvalue weighted by Crippen LogP contribution is 2.09. The number of phenols is 1. The van der Waals surface area contributed by atoms with Gasteiger partial charge in [-0.2, -0.15) is 0 Å². The SMILES string of the molecule is Cc1cc(C(=O)NCCc2ccc(O)cc2)on1. The second kappa shape index (κ2) is 5.35. The first kappa shape index (κ1) is 12.2. The third kappa shape index (κ3) is 3.10. The van der Waals surface area contributed by atoms with Gasteiger partial charge in [-0.1, -0.05) is 17.3 Å². The van der Waals surface area contributed by atoms with Gasteiger partial charge in [0.25, 0.3) is 5.91 Å². The number of phenolic OH excluding ortho intramolecular Hbond substituents is 1. The molecule has 1 aromatic carbocycles. The van der Waals surface area contributed by atoms with Crippen LogP contribution in [0.3, 0.4) is 0 Å². The Bertz CT molecular complexity index is 531. The maximum Gasteiger partial charge on any atom is 0.289 e. The molecule has 0 radical (unpaired) electrons. The molecule has 94 valence electrons. The molecule has 1 heterocycles. The maximum atomic E-state index is 11.6. The molecule has 18 heavy (non-hydrogen) atoms. The van der Waals surface area contributed by atoms with E-state index >= 15 is 0 Å². The molecule has 0 saturated heterocycles. The minimum Gasteiger partial charge on any atom is -0.508 e. The lowest BCUT2D eigenvalue weighted by molar-refractivity contribution is 0.0917. The summed E-state index contributed by atoms with van der Waals surface area (Å²) in [6.07, 6.45) is 0.694. The molecule has 0 aliphatic carbocycles. The number of nitrogens with zero attached hydrogens (tertiary/aromatic N) is 1. The number of hydrogen-bond acceptors (Lipinski definition) is 4. The van der Waals surface area contributed by atoms with Crippen LogP contribution in [0.1, 0.15) is 21.8 Å². The van der Waals surface area contributed by atoms with Crippen LogP contribution in [0, 0.1) is 6.92 Å². The summed E-state index contributed by atoms with van der Waals surface area (Å²) in [5, 5.41) is 15.5. The van der Waals surface area contributed by atoms with Crippen LogP contribution in [0.25, 0.3) is 0 Å². The first-order valence-corrected chi connectivity index (χ1v) is 5.64. The van der Waals surface area contributed by atoms with Gasteiger partial charge < -0.3 is 14.9 Å². The van der Waals surface area contributed by atoms with E-state index in [0.29, 0.717) is 18.7 Å². The Hall–Kier alpha value is -2.30. The number of hydrogen-bond donors (Lipinski definition) is 2. The lowest BCUT2D eigenvalue weighted by Gasteiger charge is -2.03. The van der Waals surface area contributed by atoms with Crippen LogP contribution in [-0.4, -0.2) is 22.7 Å². The van der Waals surface area contributed by atoms with E-state index in [-0.39, 0.29) is 17.4 Å². The number of aryl methyl sites for hydroxylation is 1. The lowest BCUT2D eigenvalue weighted by atomic mass is 10.1. The molecule has 2 aromatic rings. The van der Waals surface area contributed by atoms with Crippen LogP contribution in [0.15, 0.2) is 34.9 Å². The third-order valence-electron chi connectivity index (χ3n) is 2.49. The van der Waals surface area contributed by atoms with Crippen molar-refractivity contribution in [3.05, 3.63) is 47.3 Å². The normalized spacial score (nSPS) is 10.3. The molecular formula is C13H14N2O3. The summed E-state index contributed by atoms with van der Waals surface area (Å²) in [7, 11) is 0. The molecule has 2 N–H and O–H groups in total. The van der Waals surface area contributed by atoms with Crippen molar-refractivity contribution >= 4 is 5.91 Å². The predicted octanol–water partition coefficient (Wildman–Crippen LogP) is 1.66. The summed E-state index contributed by atoms with van der Waals surface area (Å²) in [6, 6.07) is 8.48. The van der Waals surface area contributed by atoms with Gasteiger partial charge in [0, 0.05) is 12.6 Å². The molecule has 0 unspecified atom stereocenters. The number of nitrogens with one attached hydrogen (secondary N) is 1. The fourth-order valence-corrected chi connectivity index (χ4v) is 1.54. The van der Waals surface area contributed by atoms with Gasteiger partial charge in [0.1, 0.15) is 5.75 Å². The molecule has 0 atom stereocenters.